The lowest BCUT2D eigenvalue weighted by atomic mass is 9.84. The van der Waals surface area contributed by atoms with Gasteiger partial charge in [-0.3, -0.25) is 0 Å². The van der Waals surface area contributed by atoms with E-state index >= 15 is 0 Å². The summed E-state index contributed by atoms with van der Waals surface area (Å²) in [5.41, 5.74) is -1.85. The molecule has 176 valence electrons. The zero-order chi connectivity index (χ0) is 23.2. The number of hydrogen-bond acceptors (Lipinski definition) is 5. The van der Waals surface area contributed by atoms with E-state index in [1.54, 1.807) is 4.90 Å². The Bertz CT molecular complexity index is 1160. The molecule has 3 aromatic rings. The number of aromatic nitrogens is 3. The number of halogens is 4. The highest BCUT2D eigenvalue weighted by molar-refractivity contribution is 6.36. The van der Waals surface area contributed by atoms with Gasteiger partial charge in [-0.2, -0.15) is 18.3 Å². The van der Waals surface area contributed by atoms with Crippen LogP contribution in [-0.4, -0.2) is 46.3 Å². The number of nitrogens with one attached hydrogen (secondary N) is 1. The van der Waals surface area contributed by atoms with Crippen LogP contribution in [0.25, 0.3) is 17.1 Å². The van der Waals surface area contributed by atoms with Gasteiger partial charge in [-0.05, 0) is 50.3 Å². The minimum Gasteiger partial charge on any atom is -0.463 e. The van der Waals surface area contributed by atoms with E-state index in [-0.39, 0.29) is 40.3 Å². The Morgan fingerprint density at radius 2 is 2.09 bits per heavy atom. The Kier molecular flexibility index (Phi) is 5.82. The van der Waals surface area contributed by atoms with Crippen LogP contribution in [-0.2, 0) is 10.9 Å². The molecule has 0 aromatic carbocycles. The average Bonchev–Trinajstić information content (AvgIpc) is 3.45. The van der Waals surface area contributed by atoms with Gasteiger partial charge in [0.25, 0.3) is 0 Å². The molecule has 0 radical (unpaired) electrons. The molecule has 11 heteroatoms. The van der Waals surface area contributed by atoms with E-state index in [9.17, 15) is 18.0 Å². The molecule has 3 unspecified atom stereocenters. The van der Waals surface area contributed by atoms with Crippen LogP contribution < -0.4 is 4.90 Å². The Morgan fingerprint density at radius 1 is 1.27 bits per heavy atom. The lowest BCUT2D eigenvalue weighted by Gasteiger charge is -2.40. The van der Waals surface area contributed by atoms with Gasteiger partial charge in [0.2, 0.25) is 0 Å². The van der Waals surface area contributed by atoms with Crippen LogP contribution in [0.4, 0.5) is 13.2 Å². The molecule has 2 saturated heterocycles. The molecule has 0 saturated carbocycles. The van der Waals surface area contributed by atoms with E-state index in [0.717, 1.165) is 38.4 Å². The van der Waals surface area contributed by atoms with E-state index in [2.05, 4.69) is 10.1 Å². The fraction of sp³-hybridized carbons (Fsp3) is 0.500. The van der Waals surface area contributed by atoms with Crippen molar-refractivity contribution in [3.8, 4) is 11.5 Å². The minimum atomic E-state index is -4.76. The molecule has 0 spiro atoms. The van der Waals surface area contributed by atoms with Gasteiger partial charge in [0.05, 0.1) is 25.4 Å². The second-order valence-corrected chi connectivity index (χ2v) is 9.04. The average molecular weight is 484 g/mol. The van der Waals surface area contributed by atoms with Gasteiger partial charge in [0.1, 0.15) is 17.3 Å². The maximum absolute atomic E-state index is 13.7. The van der Waals surface area contributed by atoms with Crippen LogP contribution in [0.3, 0.4) is 0 Å². The first-order valence-electron chi connectivity index (χ1n) is 11.0. The van der Waals surface area contributed by atoms with Crippen molar-refractivity contribution in [2.24, 2.45) is 5.92 Å². The summed E-state index contributed by atoms with van der Waals surface area (Å²) in [5, 5.41) is 3.55. The Morgan fingerprint density at radius 3 is 2.85 bits per heavy atom. The van der Waals surface area contributed by atoms with Gasteiger partial charge in [-0.1, -0.05) is 11.6 Å². The first-order chi connectivity index (χ1) is 15.8. The number of nitrogens with zero attached hydrogens (tertiary/aromatic N) is 3. The highest BCUT2D eigenvalue weighted by Crippen LogP contribution is 2.35. The molecule has 2 aliphatic heterocycles. The van der Waals surface area contributed by atoms with E-state index in [0.29, 0.717) is 10.6 Å². The smallest absolute Gasteiger partial charge is 0.433 e. The molecule has 5 rings (SSSR count). The summed E-state index contributed by atoms with van der Waals surface area (Å²) < 4.78 is 52.5. The number of carbonyl (C=O) groups is 1. The molecule has 3 aromatic heterocycles. The summed E-state index contributed by atoms with van der Waals surface area (Å²) in [6.45, 7) is 2.48. The molecule has 0 bridgehead atoms. The molecule has 2 fully saturated rings. The van der Waals surface area contributed by atoms with Crippen LogP contribution in [0.2, 0.25) is 5.02 Å². The summed E-state index contributed by atoms with van der Waals surface area (Å²) >= 11 is 6.29. The largest absolute Gasteiger partial charge is 0.463 e. The maximum Gasteiger partial charge on any atom is 0.433 e. The Hall–Kier alpha value is -2.59. The quantitative estimate of drug-likeness (QED) is 0.573. The normalized spacial score (nSPS) is 23.5. The van der Waals surface area contributed by atoms with Crippen LogP contribution in [0.5, 0.6) is 0 Å². The molecule has 7 nitrogen and oxygen atoms in total. The van der Waals surface area contributed by atoms with E-state index in [1.165, 1.54) is 31.2 Å². The molecule has 2 aliphatic rings. The highest BCUT2D eigenvalue weighted by atomic mass is 35.5. The Balaban J connectivity index is 1.43. The van der Waals surface area contributed by atoms with Gasteiger partial charge >= 0.3 is 12.1 Å². The second-order valence-electron chi connectivity index (χ2n) is 8.66. The van der Waals surface area contributed by atoms with E-state index < -0.39 is 17.8 Å². The second kappa shape index (κ2) is 8.64. The number of rotatable bonds is 4. The van der Waals surface area contributed by atoms with Crippen molar-refractivity contribution in [1.29, 1.82) is 0 Å². The summed E-state index contributed by atoms with van der Waals surface area (Å²) in [7, 11) is 0. The number of alkyl halides is 3. The lowest BCUT2D eigenvalue weighted by molar-refractivity contribution is -0.940. The number of carbonyl (C=O) groups excluding carboxylic acids is 1. The highest BCUT2D eigenvalue weighted by Gasteiger charge is 2.39. The summed E-state index contributed by atoms with van der Waals surface area (Å²) in [5.74, 6) is -0.481. The number of piperidine rings is 2. The fourth-order valence-corrected chi connectivity index (χ4v) is 5.34. The van der Waals surface area contributed by atoms with Crippen molar-refractivity contribution in [3.05, 3.63) is 40.9 Å². The van der Waals surface area contributed by atoms with Crippen LogP contribution in [0, 0.1) is 5.92 Å². The van der Waals surface area contributed by atoms with Crippen molar-refractivity contribution in [2.75, 3.05) is 19.7 Å². The molecular weight excluding hydrogens is 461 g/mol. The van der Waals surface area contributed by atoms with Gasteiger partial charge in [-0.15, -0.1) is 0 Å². The van der Waals surface area contributed by atoms with Gasteiger partial charge in [-0.25, -0.2) is 14.3 Å². The number of esters is 1. The van der Waals surface area contributed by atoms with E-state index in [1.807, 2.05) is 0 Å². The molecule has 1 N–H and O–H groups in total. The van der Waals surface area contributed by atoms with Crippen LogP contribution in [0.1, 0.15) is 48.3 Å². The number of furan rings is 1. The predicted octanol–water partition coefficient (Wildman–Crippen LogP) is 3.67. The predicted molar refractivity (Wildman–Crippen MR) is 112 cm³/mol. The van der Waals surface area contributed by atoms with E-state index in [4.69, 9.17) is 20.8 Å². The molecular formula is C22H23ClF3N4O3+. The van der Waals surface area contributed by atoms with Crippen LogP contribution >= 0.6 is 11.6 Å². The topological polar surface area (TPSA) is 74.1 Å². The lowest BCUT2D eigenvalue weighted by Crippen LogP contribution is -3.18. The molecule has 5 heterocycles. The molecule has 3 atom stereocenters. The Labute approximate surface area is 192 Å². The number of hydrogen-bond donors (Lipinski definition) is 1. The third-order valence-corrected chi connectivity index (χ3v) is 7.00. The number of ether oxygens (including phenoxy) is 1. The summed E-state index contributed by atoms with van der Waals surface area (Å²) in [6, 6.07) is 4.29. The van der Waals surface area contributed by atoms with Gasteiger partial charge in [0, 0.05) is 5.92 Å². The SMILES string of the molecule is O=C(OCC1CCC[NH+]2CCCCC12)c1nn2c(C(F)(F)F)cc(-c3ccco3)nc2c1Cl. The molecule has 33 heavy (non-hydrogen) atoms. The number of quaternary nitrogens is 1. The van der Waals surface area contributed by atoms with Crippen molar-refractivity contribution in [3.63, 3.8) is 0 Å². The number of fused-ring (bicyclic) bond motifs is 2. The zero-order valence-electron chi connectivity index (χ0n) is 17.7. The maximum atomic E-state index is 13.7. The third kappa shape index (κ3) is 4.21. The monoisotopic (exact) mass is 483 g/mol. The summed E-state index contributed by atoms with van der Waals surface area (Å²) in [6.07, 6.45) is 2.08. The molecule has 0 amide bonds. The first-order valence-corrected chi connectivity index (χ1v) is 11.4. The van der Waals surface area contributed by atoms with Crippen molar-refractivity contribution in [2.45, 2.75) is 44.3 Å². The molecule has 0 aliphatic carbocycles. The minimum absolute atomic E-state index is 0.0656. The van der Waals surface area contributed by atoms with Crippen molar-refractivity contribution >= 4 is 23.2 Å². The summed E-state index contributed by atoms with van der Waals surface area (Å²) in [4.78, 5) is 18.5. The van der Waals surface area contributed by atoms with Crippen LogP contribution in [0.15, 0.2) is 28.9 Å². The van der Waals surface area contributed by atoms with Gasteiger partial charge in [0.15, 0.2) is 22.8 Å². The van der Waals surface area contributed by atoms with Crippen molar-refractivity contribution in [1.82, 2.24) is 14.6 Å². The fourth-order valence-electron chi connectivity index (χ4n) is 5.10. The van der Waals surface area contributed by atoms with Crippen molar-refractivity contribution < 1.29 is 32.0 Å². The third-order valence-electron chi connectivity index (χ3n) is 6.65. The zero-order valence-corrected chi connectivity index (χ0v) is 18.5. The standard InChI is InChI=1S/C22H22ClF3N4O3/c23-18-19(21(31)33-12-13-5-3-9-29-8-2-1-6-15(13)29)28-30-17(22(24,25)26)11-14(27-20(18)30)16-7-4-10-32-16/h4,7,10-11,13,15H,1-3,5-6,8-9,12H2/p+1. The van der Waals surface area contributed by atoms with Gasteiger partial charge < -0.3 is 14.1 Å². The first kappa shape index (κ1) is 22.2.